The third-order valence-corrected chi connectivity index (χ3v) is 5.13. The Labute approximate surface area is 87.5 Å². The minimum atomic E-state index is -2.55. The van der Waals surface area contributed by atoms with Gasteiger partial charge >= 0.3 is 5.17 Å². The lowest BCUT2D eigenvalue weighted by atomic mass is 10.3. The fourth-order valence-electron chi connectivity index (χ4n) is 1.19. The van der Waals surface area contributed by atoms with E-state index < -0.39 is 28.8 Å². The summed E-state index contributed by atoms with van der Waals surface area (Å²) in [6.45, 7) is 0. The van der Waals surface area contributed by atoms with Crippen molar-refractivity contribution in [3.63, 3.8) is 0 Å². The van der Waals surface area contributed by atoms with Crippen molar-refractivity contribution in [3.8, 4) is 0 Å². The molecule has 2 rings (SSSR count). The summed E-state index contributed by atoms with van der Waals surface area (Å²) in [7, 11) is -4.10. The van der Waals surface area contributed by atoms with Crippen molar-refractivity contribution in [1.82, 2.24) is 0 Å². The summed E-state index contributed by atoms with van der Waals surface area (Å²) in [6.07, 6.45) is 0. The van der Waals surface area contributed by atoms with Crippen molar-refractivity contribution in [2.24, 2.45) is 4.99 Å². The second kappa shape index (κ2) is 3.55. The van der Waals surface area contributed by atoms with E-state index in [-0.39, 0.29) is 0 Å². The van der Waals surface area contributed by atoms with Gasteiger partial charge in [0.15, 0.2) is 5.69 Å². The number of aliphatic imine (C=N–C) groups is 1. The van der Waals surface area contributed by atoms with Gasteiger partial charge in [0.2, 0.25) is 0 Å². The quantitative estimate of drug-likeness (QED) is 0.497. The van der Waals surface area contributed by atoms with Gasteiger partial charge in [-0.1, -0.05) is 12.1 Å². The van der Waals surface area contributed by atoms with Crippen LogP contribution in [-0.4, -0.2) is 18.5 Å². The first-order chi connectivity index (χ1) is 7.11. The molecule has 1 atom stereocenters. The van der Waals surface area contributed by atoms with Crippen molar-refractivity contribution >= 4 is 29.6 Å². The number of hydrogen-bond donors (Lipinski definition) is 0. The minimum absolute atomic E-state index is 0.358. The Morgan fingerprint density at radius 2 is 2.00 bits per heavy atom. The molecule has 0 saturated carbocycles. The number of amidine groups is 1. The zero-order valence-electron chi connectivity index (χ0n) is 7.15. The van der Waals surface area contributed by atoms with Crippen LogP contribution in [0.25, 0.3) is 0 Å². The molecule has 1 heterocycles. The van der Waals surface area contributed by atoms with Crippen LogP contribution in [0.3, 0.4) is 0 Å². The number of fused-ring (bicyclic) bond motifs is 1. The van der Waals surface area contributed by atoms with Crippen LogP contribution in [0, 0.1) is 10.1 Å². The Morgan fingerprint density at radius 1 is 1.33 bits per heavy atom. The van der Waals surface area contributed by atoms with E-state index in [1.165, 1.54) is 6.07 Å². The summed E-state index contributed by atoms with van der Waals surface area (Å²) in [6, 6.07) is 6.37. The van der Waals surface area contributed by atoms with Crippen molar-refractivity contribution in [3.05, 3.63) is 34.4 Å². The van der Waals surface area contributed by atoms with Crippen LogP contribution in [0.2, 0.25) is 0 Å². The number of para-hydroxylation sites is 1. The standard InChI is InChI=1S/C7H4N2O4S2/c10-9(11)7-8-5-3-1-2-4-6(5)14(7)15(12)13/h1-4H. The Bertz CT molecular complexity index is 610. The van der Waals surface area contributed by atoms with Gasteiger partial charge in [0.1, 0.15) is 0 Å². The van der Waals surface area contributed by atoms with Crippen LogP contribution in [0.15, 0.2) is 34.2 Å². The molecule has 0 radical (unpaired) electrons. The average Bonchev–Trinajstić information content (AvgIpc) is 2.56. The molecular formula is C7H4N2O4S2. The molecule has 1 unspecified atom stereocenters. The van der Waals surface area contributed by atoms with E-state index in [0.29, 0.717) is 10.6 Å². The molecule has 0 aliphatic carbocycles. The number of hydrogen-bond acceptors (Lipinski definition) is 5. The van der Waals surface area contributed by atoms with Gasteiger partial charge in [0, 0.05) is 0 Å². The zero-order valence-corrected chi connectivity index (χ0v) is 8.79. The second-order valence-corrected chi connectivity index (χ2v) is 6.16. The molecular weight excluding hydrogens is 240 g/mol. The van der Waals surface area contributed by atoms with E-state index in [0.717, 1.165) is 0 Å². The first-order valence-corrected chi connectivity index (χ1v) is 6.59. The SMILES string of the molecule is O=[N+]([O-])C1=Nc2ccccc2S1=S(=O)=O. The monoisotopic (exact) mass is 244 g/mol. The Balaban J connectivity index is 2.80. The summed E-state index contributed by atoms with van der Waals surface area (Å²) >= 11 is 0. The van der Waals surface area contributed by atoms with Gasteiger partial charge in [-0.05, 0) is 22.0 Å². The molecule has 0 saturated heterocycles. The predicted octanol–water partition coefficient (Wildman–Crippen LogP) is 0.736. The highest BCUT2D eigenvalue weighted by atomic mass is 32.9. The molecule has 0 N–H and O–H groups in total. The molecule has 0 aromatic heterocycles. The summed E-state index contributed by atoms with van der Waals surface area (Å²) in [5, 5.41) is 10.1. The van der Waals surface area contributed by atoms with Crippen LogP contribution in [-0.2, 0) is 18.7 Å². The fourth-order valence-corrected chi connectivity index (χ4v) is 4.00. The molecule has 1 aliphatic rings. The molecule has 0 spiro atoms. The fraction of sp³-hybridized carbons (Fsp3) is 0. The maximum Gasteiger partial charge on any atom is 0.413 e. The predicted molar refractivity (Wildman–Crippen MR) is 55.1 cm³/mol. The second-order valence-electron chi connectivity index (χ2n) is 2.59. The lowest BCUT2D eigenvalue weighted by Gasteiger charge is -1.93. The molecule has 1 aliphatic heterocycles. The molecule has 0 fully saturated rings. The van der Waals surface area contributed by atoms with Gasteiger partial charge in [0.25, 0.3) is 9.26 Å². The Hall–Kier alpha value is -1.54. The highest BCUT2D eigenvalue weighted by Crippen LogP contribution is 2.30. The Kier molecular flexibility index (Phi) is 2.37. The highest BCUT2D eigenvalue weighted by molar-refractivity contribution is 8.41. The van der Waals surface area contributed by atoms with Crippen molar-refractivity contribution in [2.75, 3.05) is 0 Å². The first kappa shape index (κ1) is 9.99. The van der Waals surface area contributed by atoms with E-state index in [1.54, 1.807) is 18.2 Å². The maximum atomic E-state index is 10.9. The number of rotatable bonds is 0. The highest BCUT2D eigenvalue weighted by Gasteiger charge is 2.33. The number of nitrogens with zero attached hydrogens (tertiary/aromatic N) is 2. The van der Waals surface area contributed by atoms with E-state index in [1.807, 2.05) is 0 Å². The van der Waals surface area contributed by atoms with E-state index >= 15 is 0 Å². The van der Waals surface area contributed by atoms with Crippen LogP contribution in [0.5, 0.6) is 0 Å². The van der Waals surface area contributed by atoms with Crippen molar-refractivity contribution in [1.29, 1.82) is 0 Å². The molecule has 78 valence electrons. The van der Waals surface area contributed by atoms with E-state index in [4.69, 9.17) is 0 Å². The lowest BCUT2D eigenvalue weighted by molar-refractivity contribution is -0.343. The molecule has 8 heteroatoms. The zero-order chi connectivity index (χ0) is 11.0. The summed E-state index contributed by atoms with van der Waals surface area (Å²) in [5.41, 5.74) is 0.358. The van der Waals surface area contributed by atoms with Gasteiger partial charge in [-0.15, -0.1) is 0 Å². The van der Waals surface area contributed by atoms with Crippen LogP contribution >= 0.6 is 0 Å². The number of nitro groups is 1. The van der Waals surface area contributed by atoms with Gasteiger partial charge in [-0.3, -0.25) is 0 Å². The van der Waals surface area contributed by atoms with Gasteiger partial charge in [0.05, 0.1) is 14.3 Å². The molecule has 6 nitrogen and oxygen atoms in total. The lowest BCUT2D eigenvalue weighted by Crippen LogP contribution is -2.14. The van der Waals surface area contributed by atoms with E-state index in [2.05, 4.69) is 4.99 Å². The maximum absolute atomic E-state index is 10.9. The van der Waals surface area contributed by atoms with Crippen LogP contribution < -0.4 is 0 Å². The van der Waals surface area contributed by atoms with Gasteiger partial charge in [-0.25, -0.2) is 0 Å². The third kappa shape index (κ3) is 1.57. The summed E-state index contributed by atoms with van der Waals surface area (Å²) in [5.74, 6) is 0. The largest absolute Gasteiger partial charge is 0.413 e. The van der Waals surface area contributed by atoms with E-state index in [9.17, 15) is 18.5 Å². The molecule has 1 aromatic rings. The topological polar surface area (TPSA) is 89.6 Å². The molecule has 0 amide bonds. The molecule has 0 bridgehead atoms. The van der Waals surface area contributed by atoms with Crippen LogP contribution in [0.1, 0.15) is 0 Å². The first-order valence-electron chi connectivity index (χ1n) is 3.77. The average molecular weight is 244 g/mol. The Morgan fingerprint density at radius 3 is 2.60 bits per heavy atom. The minimum Gasteiger partial charge on any atom is -0.357 e. The molecule has 15 heavy (non-hydrogen) atoms. The summed E-state index contributed by atoms with van der Waals surface area (Å²) < 4.78 is 21.8. The third-order valence-electron chi connectivity index (χ3n) is 1.74. The van der Waals surface area contributed by atoms with Crippen molar-refractivity contribution < 1.29 is 13.3 Å². The normalized spacial score (nSPS) is 18.1. The number of benzene rings is 1. The smallest absolute Gasteiger partial charge is 0.357 e. The molecule has 1 aromatic carbocycles. The van der Waals surface area contributed by atoms with Gasteiger partial charge < -0.3 is 10.1 Å². The summed E-state index contributed by atoms with van der Waals surface area (Å²) in [4.78, 5) is 13.9. The van der Waals surface area contributed by atoms with Crippen molar-refractivity contribution in [2.45, 2.75) is 4.90 Å². The van der Waals surface area contributed by atoms with Crippen LogP contribution in [0.4, 0.5) is 5.69 Å². The van der Waals surface area contributed by atoms with Gasteiger partial charge in [-0.2, -0.15) is 8.42 Å².